The van der Waals surface area contributed by atoms with Gasteiger partial charge in [0.05, 0.1) is 5.69 Å². The van der Waals surface area contributed by atoms with E-state index in [0.717, 1.165) is 5.56 Å². The first kappa shape index (κ1) is 24.1. The number of nitrogens with two attached hydrogens (primary N) is 1. The number of halogens is 1. The standard InChI is InChI=1S/C25H29FN4O3/c1-16-22(17(2)33-29-16)24(32)30(15-25(3,4)14-27)13-18-8-10-21(11-9-18)28-23(31)19-6-5-7-20(26)12-19/h5-12H,13-15,27H2,1-4H3,(H,28,31). The highest BCUT2D eigenvalue weighted by Crippen LogP contribution is 2.23. The number of nitrogens with zero attached hydrogens (tertiary/aromatic N) is 2. The smallest absolute Gasteiger partial charge is 0.259 e. The Labute approximate surface area is 192 Å². The van der Waals surface area contributed by atoms with Crippen molar-refractivity contribution in [2.75, 3.05) is 18.4 Å². The molecule has 2 aromatic carbocycles. The molecule has 0 unspecified atom stereocenters. The van der Waals surface area contributed by atoms with Gasteiger partial charge < -0.3 is 20.5 Å². The van der Waals surface area contributed by atoms with Gasteiger partial charge in [-0.05, 0) is 61.7 Å². The van der Waals surface area contributed by atoms with Crippen LogP contribution >= 0.6 is 0 Å². The topological polar surface area (TPSA) is 101 Å². The van der Waals surface area contributed by atoms with Crippen molar-refractivity contribution >= 4 is 17.5 Å². The largest absolute Gasteiger partial charge is 0.361 e. The number of aryl methyl sites for hydroxylation is 2. The SMILES string of the molecule is Cc1noc(C)c1C(=O)N(Cc1ccc(NC(=O)c2cccc(F)c2)cc1)CC(C)(C)CN. The van der Waals surface area contributed by atoms with Crippen molar-refractivity contribution in [1.82, 2.24) is 10.1 Å². The van der Waals surface area contributed by atoms with Gasteiger partial charge in [-0.2, -0.15) is 0 Å². The summed E-state index contributed by atoms with van der Waals surface area (Å²) in [4.78, 5) is 27.4. The van der Waals surface area contributed by atoms with Crippen LogP contribution in [-0.2, 0) is 6.54 Å². The first-order valence-electron chi connectivity index (χ1n) is 10.7. The Hall–Kier alpha value is -3.52. The lowest BCUT2D eigenvalue weighted by Crippen LogP contribution is -2.42. The maximum absolute atomic E-state index is 13.4. The quantitative estimate of drug-likeness (QED) is 0.530. The summed E-state index contributed by atoms with van der Waals surface area (Å²) in [5, 5.41) is 6.65. The predicted octanol–water partition coefficient (Wildman–Crippen LogP) is 4.31. The van der Waals surface area contributed by atoms with Crippen molar-refractivity contribution in [2.45, 2.75) is 34.2 Å². The Kier molecular flexibility index (Phi) is 7.28. The van der Waals surface area contributed by atoms with Gasteiger partial charge in [0.2, 0.25) is 0 Å². The van der Waals surface area contributed by atoms with E-state index in [1.54, 1.807) is 36.9 Å². The molecule has 174 valence electrons. The van der Waals surface area contributed by atoms with Crippen molar-refractivity contribution in [3.63, 3.8) is 0 Å². The Bertz CT molecular complexity index is 1120. The molecule has 3 rings (SSSR count). The number of nitrogens with one attached hydrogen (secondary N) is 1. The summed E-state index contributed by atoms with van der Waals surface area (Å²) in [7, 11) is 0. The molecule has 8 heteroatoms. The van der Waals surface area contributed by atoms with E-state index in [1.165, 1.54) is 18.2 Å². The van der Waals surface area contributed by atoms with Crippen LogP contribution in [0, 0.1) is 25.1 Å². The molecule has 3 N–H and O–H groups in total. The third kappa shape index (κ3) is 6.04. The Morgan fingerprint density at radius 3 is 2.42 bits per heavy atom. The zero-order valence-electron chi connectivity index (χ0n) is 19.3. The van der Waals surface area contributed by atoms with Crippen LogP contribution in [0.5, 0.6) is 0 Å². The molecular formula is C25H29FN4O3. The van der Waals surface area contributed by atoms with Crippen LogP contribution in [0.4, 0.5) is 10.1 Å². The highest BCUT2D eigenvalue weighted by atomic mass is 19.1. The maximum Gasteiger partial charge on any atom is 0.259 e. The lowest BCUT2D eigenvalue weighted by molar-refractivity contribution is 0.0671. The molecule has 7 nitrogen and oxygen atoms in total. The van der Waals surface area contributed by atoms with Crippen LogP contribution in [0.2, 0.25) is 0 Å². The number of amides is 2. The van der Waals surface area contributed by atoms with E-state index in [2.05, 4.69) is 10.5 Å². The lowest BCUT2D eigenvalue weighted by Gasteiger charge is -2.32. The minimum absolute atomic E-state index is 0.170. The van der Waals surface area contributed by atoms with Crippen molar-refractivity contribution < 1.29 is 18.5 Å². The zero-order chi connectivity index (χ0) is 24.2. The fraction of sp³-hybridized carbons (Fsp3) is 0.320. The monoisotopic (exact) mass is 452 g/mol. The minimum atomic E-state index is -0.471. The average molecular weight is 453 g/mol. The van der Waals surface area contributed by atoms with Gasteiger partial charge in [0.25, 0.3) is 11.8 Å². The average Bonchev–Trinajstić information content (AvgIpc) is 3.12. The highest BCUT2D eigenvalue weighted by Gasteiger charge is 2.28. The Balaban J connectivity index is 1.77. The molecule has 0 saturated heterocycles. The molecule has 0 bridgehead atoms. The molecule has 1 heterocycles. The van der Waals surface area contributed by atoms with Crippen LogP contribution in [-0.4, -0.2) is 35.0 Å². The Morgan fingerprint density at radius 2 is 1.85 bits per heavy atom. The summed E-state index contributed by atoms with van der Waals surface area (Å²) in [6.07, 6.45) is 0. The predicted molar refractivity (Wildman–Crippen MR) is 124 cm³/mol. The van der Waals surface area contributed by atoms with Crippen molar-refractivity contribution in [2.24, 2.45) is 11.1 Å². The van der Waals surface area contributed by atoms with Gasteiger partial charge in [-0.3, -0.25) is 9.59 Å². The molecule has 0 aliphatic rings. The number of anilines is 1. The second-order valence-electron chi connectivity index (χ2n) is 8.89. The van der Waals surface area contributed by atoms with Crippen LogP contribution in [0.25, 0.3) is 0 Å². The summed E-state index contributed by atoms with van der Waals surface area (Å²) in [6.45, 7) is 8.69. The molecule has 0 atom stereocenters. The van der Waals surface area contributed by atoms with E-state index in [-0.39, 0.29) is 16.9 Å². The molecule has 0 spiro atoms. The number of carbonyl (C=O) groups excluding carboxylic acids is 2. The molecule has 0 saturated carbocycles. The van der Waals surface area contributed by atoms with Gasteiger partial charge in [0.1, 0.15) is 17.1 Å². The molecule has 0 aliphatic carbocycles. The fourth-order valence-electron chi connectivity index (χ4n) is 3.47. The molecule has 3 aromatic rings. The van der Waals surface area contributed by atoms with Gasteiger partial charge in [-0.15, -0.1) is 0 Å². The number of hydrogen-bond acceptors (Lipinski definition) is 5. The second-order valence-corrected chi connectivity index (χ2v) is 8.89. The second kappa shape index (κ2) is 9.95. The maximum atomic E-state index is 13.4. The summed E-state index contributed by atoms with van der Waals surface area (Å²) >= 11 is 0. The molecule has 2 amide bonds. The van der Waals surface area contributed by atoms with Gasteiger partial charge in [0, 0.05) is 24.3 Å². The number of carbonyl (C=O) groups is 2. The molecule has 33 heavy (non-hydrogen) atoms. The fourth-order valence-corrected chi connectivity index (χ4v) is 3.47. The Morgan fingerprint density at radius 1 is 1.15 bits per heavy atom. The van der Waals surface area contributed by atoms with E-state index in [4.69, 9.17) is 10.3 Å². The summed E-state index contributed by atoms with van der Waals surface area (Å²) in [5.74, 6) is -0.566. The van der Waals surface area contributed by atoms with E-state index in [9.17, 15) is 14.0 Å². The van der Waals surface area contributed by atoms with Crippen LogP contribution < -0.4 is 11.1 Å². The zero-order valence-corrected chi connectivity index (χ0v) is 19.3. The summed E-state index contributed by atoms with van der Waals surface area (Å²) in [6, 6.07) is 12.7. The van der Waals surface area contributed by atoms with E-state index in [1.807, 2.05) is 26.0 Å². The van der Waals surface area contributed by atoms with Crippen molar-refractivity contribution in [1.29, 1.82) is 0 Å². The van der Waals surface area contributed by atoms with Crippen molar-refractivity contribution in [3.8, 4) is 0 Å². The molecule has 0 fully saturated rings. The molecule has 0 aliphatic heterocycles. The number of hydrogen-bond donors (Lipinski definition) is 2. The van der Waals surface area contributed by atoms with Gasteiger partial charge in [-0.25, -0.2) is 4.39 Å². The van der Waals surface area contributed by atoms with E-state index < -0.39 is 11.7 Å². The normalized spacial score (nSPS) is 11.3. The van der Waals surface area contributed by atoms with Crippen molar-refractivity contribution in [3.05, 3.63) is 82.5 Å². The number of benzene rings is 2. The van der Waals surface area contributed by atoms with E-state index >= 15 is 0 Å². The summed E-state index contributed by atoms with van der Waals surface area (Å²) < 4.78 is 18.6. The van der Waals surface area contributed by atoms with Crippen LogP contribution in [0.3, 0.4) is 0 Å². The van der Waals surface area contributed by atoms with Gasteiger partial charge in [-0.1, -0.05) is 37.2 Å². The number of aromatic nitrogens is 1. The third-order valence-electron chi connectivity index (χ3n) is 5.38. The molecule has 0 radical (unpaired) electrons. The first-order chi connectivity index (χ1) is 15.6. The highest BCUT2D eigenvalue weighted by molar-refractivity contribution is 6.04. The molecule has 1 aromatic heterocycles. The van der Waals surface area contributed by atoms with Crippen LogP contribution in [0.15, 0.2) is 53.1 Å². The first-order valence-corrected chi connectivity index (χ1v) is 10.7. The van der Waals surface area contributed by atoms with Crippen LogP contribution in [0.1, 0.15) is 51.6 Å². The molecular weight excluding hydrogens is 423 g/mol. The number of rotatable bonds is 8. The summed E-state index contributed by atoms with van der Waals surface area (Å²) in [5.41, 5.74) is 8.32. The lowest BCUT2D eigenvalue weighted by atomic mass is 9.92. The van der Waals surface area contributed by atoms with Gasteiger partial charge in [0.15, 0.2) is 0 Å². The van der Waals surface area contributed by atoms with Gasteiger partial charge >= 0.3 is 0 Å². The minimum Gasteiger partial charge on any atom is -0.361 e. The van der Waals surface area contributed by atoms with E-state index in [0.29, 0.717) is 42.3 Å². The third-order valence-corrected chi connectivity index (χ3v) is 5.38.